The van der Waals surface area contributed by atoms with Crippen LogP contribution in [0.15, 0.2) is 60.8 Å². The summed E-state index contributed by atoms with van der Waals surface area (Å²) >= 11 is 12.9. The van der Waals surface area contributed by atoms with Gasteiger partial charge < -0.3 is 25.2 Å². The molecule has 1 aliphatic heterocycles. The normalized spacial score (nSPS) is 17.6. The Hall–Kier alpha value is -2.88. The van der Waals surface area contributed by atoms with E-state index in [1.807, 2.05) is 36.4 Å². The zero-order valence-electron chi connectivity index (χ0n) is 21.4. The quantitative estimate of drug-likeness (QED) is 0.366. The van der Waals surface area contributed by atoms with E-state index in [0.29, 0.717) is 53.2 Å². The summed E-state index contributed by atoms with van der Waals surface area (Å²) in [6.07, 6.45) is 1.55. The van der Waals surface area contributed by atoms with Gasteiger partial charge in [-0.1, -0.05) is 41.4 Å². The highest BCUT2D eigenvalue weighted by Crippen LogP contribution is 2.38. The van der Waals surface area contributed by atoms with Crippen molar-refractivity contribution in [2.45, 2.75) is 18.6 Å². The summed E-state index contributed by atoms with van der Waals surface area (Å²) < 4.78 is 5.51. The highest BCUT2D eigenvalue weighted by Gasteiger charge is 2.34. The van der Waals surface area contributed by atoms with Crippen LogP contribution < -0.4 is 15.0 Å². The van der Waals surface area contributed by atoms with Crippen molar-refractivity contribution in [2.24, 2.45) is 0 Å². The van der Waals surface area contributed by atoms with Crippen molar-refractivity contribution in [2.75, 3.05) is 51.3 Å². The molecule has 4 rings (SSSR count). The molecule has 0 spiro atoms. The number of ether oxygens (including phenoxy) is 1. The molecule has 1 aromatic heterocycles. The van der Waals surface area contributed by atoms with Crippen LogP contribution in [0.5, 0.6) is 5.75 Å². The molecule has 0 aliphatic carbocycles. The number of carbonyl (C=O) groups excluding carboxylic acids is 1. The fraction of sp³-hybridized carbons (Fsp3) is 0.357. The molecule has 3 N–H and O–H groups in total. The van der Waals surface area contributed by atoms with Crippen molar-refractivity contribution in [1.29, 1.82) is 0 Å². The topological polar surface area (TPSA) is 98.2 Å². The lowest BCUT2D eigenvalue weighted by atomic mass is 9.94. The zero-order chi connectivity index (χ0) is 27.3. The molecular weight excluding hydrogens is 527 g/mol. The number of β-amino-alcohol motifs (C(OH)–C–C–N with tert-alkyl or cyclic N) is 1. The second-order valence-electron chi connectivity index (χ2n) is 9.47. The lowest BCUT2D eigenvalue weighted by Crippen LogP contribution is -2.52. The first-order valence-electron chi connectivity index (χ1n) is 12.4. The Bertz CT molecular complexity index is 1240. The molecule has 38 heavy (non-hydrogen) atoms. The lowest BCUT2D eigenvalue weighted by molar-refractivity contribution is 0.00998. The number of amides is 1. The van der Waals surface area contributed by atoms with Gasteiger partial charge >= 0.3 is 0 Å². The predicted octanol–water partition coefficient (Wildman–Crippen LogP) is 3.89. The molecule has 0 radical (unpaired) electrons. The molecular formula is C28H32Cl2N4O4. The number of aromatic nitrogens is 1. The van der Waals surface area contributed by atoms with Gasteiger partial charge in [-0.3, -0.25) is 14.7 Å². The third kappa shape index (κ3) is 6.57. The number of hydrogen-bond acceptors (Lipinski definition) is 7. The summed E-state index contributed by atoms with van der Waals surface area (Å²) in [5, 5.41) is 24.2. The van der Waals surface area contributed by atoms with Gasteiger partial charge in [0.2, 0.25) is 0 Å². The lowest BCUT2D eigenvalue weighted by Gasteiger charge is -2.45. The van der Waals surface area contributed by atoms with Crippen LogP contribution in [0, 0.1) is 0 Å². The minimum absolute atomic E-state index is 0.0488. The van der Waals surface area contributed by atoms with Gasteiger partial charge in [0.05, 0.1) is 23.4 Å². The fourth-order valence-corrected chi connectivity index (χ4v) is 5.12. The Morgan fingerprint density at radius 2 is 1.92 bits per heavy atom. The van der Waals surface area contributed by atoms with E-state index in [1.54, 1.807) is 38.4 Å². The Kier molecular flexibility index (Phi) is 9.12. The SMILES string of the molecule is CNC(=O)c1ccc([C@](C)(O)CN2CCN(c3ccc(OCCO)cc3Cl)[C@H](c3ccc(Cl)cc3)C2)cn1. The Labute approximate surface area is 232 Å². The summed E-state index contributed by atoms with van der Waals surface area (Å²) in [6.45, 7) is 4.28. The van der Waals surface area contributed by atoms with E-state index in [4.69, 9.17) is 33.0 Å². The molecule has 2 atom stereocenters. The number of piperazine rings is 1. The predicted molar refractivity (Wildman–Crippen MR) is 149 cm³/mol. The van der Waals surface area contributed by atoms with Gasteiger partial charge in [0.1, 0.15) is 23.7 Å². The second-order valence-corrected chi connectivity index (χ2v) is 10.3. The molecule has 8 nitrogen and oxygen atoms in total. The van der Waals surface area contributed by atoms with Crippen molar-refractivity contribution < 1.29 is 19.7 Å². The van der Waals surface area contributed by atoms with Gasteiger partial charge in [0, 0.05) is 56.1 Å². The number of halogens is 2. The van der Waals surface area contributed by atoms with Gasteiger partial charge in [0.25, 0.3) is 5.91 Å². The number of hydrogen-bond donors (Lipinski definition) is 3. The van der Waals surface area contributed by atoms with E-state index in [0.717, 1.165) is 11.3 Å². The third-order valence-corrected chi connectivity index (χ3v) is 7.24. The average Bonchev–Trinajstić information content (AvgIpc) is 2.92. The van der Waals surface area contributed by atoms with E-state index < -0.39 is 5.60 Å². The first kappa shape index (κ1) is 28.1. The highest BCUT2D eigenvalue weighted by atomic mass is 35.5. The van der Waals surface area contributed by atoms with Gasteiger partial charge in [-0.15, -0.1) is 0 Å². The summed E-state index contributed by atoms with van der Waals surface area (Å²) in [7, 11) is 1.55. The van der Waals surface area contributed by atoms with Gasteiger partial charge in [-0.25, -0.2) is 0 Å². The first-order chi connectivity index (χ1) is 18.2. The number of benzene rings is 2. The molecule has 1 aliphatic rings. The maximum atomic E-state index is 11.8. The number of carbonyl (C=O) groups is 1. The Morgan fingerprint density at radius 3 is 2.55 bits per heavy atom. The Morgan fingerprint density at radius 1 is 1.16 bits per heavy atom. The fourth-order valence-electron chi connectivity index (χ4n) is 4.72. The van der Waals surface area contributed by atoms with Crippen LogP contribution in [0.3, 0.4) is 0 Å². The number of aliphatic hydroxyl groups is 2. The van der Waals surface area contributed by atoms with Crippen molar-refractivity contribution in [3.63, 3.8) is 0 Å². The molecule has 3 aromatic rings. The summed E-state index contributed by atoms with van der Waals surface area (Å²) in [4.78, 5) is 20.5. The standard InChI is InChI=1S/C28H32Cl2N4O4/c1-28(37,20-5-9-24(32-16-20)27(36)31-2)18-33-11-12-34(26(17-33)19-3-6-21(29)7-4-19)25-10-8-22(15-23(25)30)38-14-13-35/h3-10,15-16,26,35,37H,11-14,17-18H2,1-2H3,(H,31,36)/t26-,28+/m0/s1. The van der Waals surface area contributed by atoms with Crippen molar-refractivity contribution in [3.05, 3.63) is 87.7 Å². The summed E-state index contributed by atoms with van der Waals surface area (Å²) in [5.74, 6) is 0.325. The van der Waals surface area contributed by atoms with Crippen LogP contribution in [0.25, 0.3) is 0 Å². The third-order valence-electron chi connectivity index (χ3n) is 6.68. The largest absolute Gasteiger partial charge is 0.491 e. The van der Waals surface area contributed by atoms with E-state index in [1.165, 1.54) is 0 Å². The van der Waals surface area contributed by atoms with Gasteiger partial charge in [-0.2, -0.15) is 0 Å². The van der Waals surface area contributed by atoms with Crippen LogP contribution >= 0.6 is 23.2 Å². The van der Waals surface area contributed by atoms with E-state index in [-0.39, 0.29) is 25.2 Å². The maximum absolute atomic E-state index is 11.8. The minimum atomic E-state index is -1.18. The first-order valence-corrected chi connectivity index (χ1v) is 13.2. The molecule has 1 amide bonds. The number of pyridine rings is 1. The number of nitrogens with one attached hydrogen (secondary N) is 1. The van der Waals surface area contributed by atoms with Crippen LogP contribution in [0.1, 0.15) is 34.6 Å². The average molecular weight is 559 g/mol. The second kappa shape index (κ2) is 12.3. The van der Waals surface area contributed by atoms with Crippen molar-refractivity contribution >= 4 is 34.8 Å². The monoisotopic (exact) mass is 558 g/mol. The van der Waals surface area contributed by atoms with E-state index in [9.17, 15) is 9.90 Å². The van der Waals surface area contributed by atoms with Gasteiger partial charge in [-0.05, 0) is 42.8 Å². The minimum Gasteiger partial charge on any atom is -0.491 e. The number of nitrogens with zero attached hydrogens (tertiary/aromatic N) is 3. The summed E-state index contributed by atoms with van der Waals surface area (Å²) in [6, 6.07) is 16.6. The van der Waals surface area contributed by atoms with Crippen molar-refractivity contribution in [1.82, 2.24) is 15.2 Å². The molecule has 0 unspecified atom stereocenters. The molecule has 10 heteroatoms. The molecule has 2 aromatic carbocycles. The molecule has 0 bridgehead atoms. The number of aliphatic hydroxyl groups excluding tert-OH is 1. The van der Waals surface area contributed by atoms with E-state index >= 15 is 0 Å². The van der Waals surface area contributed by atoms with Gasteiger partial charge in [0.15, 0.2) is 0 Å². The molecule has 1 fully saturated rings. The smallest absolute Gasteiger partial charge is 0.269 e. The maximum Gasteiger partial charge on any atom is 0.269 e. The van der Waals surface area contributed by atoms with E-state index in [2.05, 4.69) is 20.1 Å². The zero-order valence-corrected chi connectivity index (χ0v) is 22.9. The molecule has 2 heterocycles. The van der Waals surface area contributed by atoms with Crippen LogP contribution in [-0.2, 0) is 5.60 Å². The summed E-state index contributed by atoms with van der Waals surface area (Å²) in [5.41, 5.74) is 1.71. The Balaban J connectivity index is 1.56. The van der Waals surface area contributed by atoms with Crippen molar-refractivity contribution in [3.8, 4) is 5.75 Å². The number of rotatable bonds is 9. The highest BCUT2D eigenvalue weighted by molar-refractivity contribution is 6.33. The number of anilines is 1. The molecule has 202 valence electrons. The molecule has 0 saturated carbocycles. The van der Waals surface area contributed by atoms with Crippen LogP contribution in [0.4, 0.5) is 5.69 Å². The molecule has 1 saturated heterocycles. The van der Waals surface area contributed by atoms with Crippen LogP contribution in [-0.4, -0.2) is 72.4 Å². The van der Waals surface area contributed by atoms with Crippen LogP contribution in [0.2, 0.25) is 10.0 Å².